The maximum absolute atomic E-state index is 12.0. The van der Waals surface area contributed by atoms with Gasteiger partial charge in [-0.15, -0.1) is 0 Å². The topological polar surface area (TPSA) is 92.3 Å². The normalized spacial score (nSPS) is 11.0. The largest absolute Gasteiger partial charge is 0.352 e. The average Bonchev–Trinajstić information content (AvgIpc) is 2.67. The first kappa shape index (κ1) is 19.7. The van der Waals surface area contributed by atoms with Gasteiger partial charge in [-0.25, -0.2) is 8.42 Å². The van der Waals surface area contributed by atoms with E-state index in [1.165, 1.54) is 24.3 Å². The zero-order valence-corrected chi connectivity index (χ0v) is 15.4. The lowest BCUT2D eigenvalue weighted by Crippen LogP contribution is -2.30. The number of amides is 2. The molecule has 2 aromatic carbocycles. The first-order chi connectivity index (χ1) is 12.4. The van der Waals surface area contributed by atoms with Gasteiger partial charge in [0.25, 0.3) is 5.91 Å². The van der Waals surface area contributed by atoms with Crippen molar-refractivity contribution in [2.45, 2.75) is 24.8 Å². The summed E-state index contributed by atoms with van der Waals surface area (Å²) in [5.41, 5.74) is 1.36. The molecule has 7 heteroatoms. The third-order valence-electron chi connectivity index (χ3n) is 3.83. The van der Waals surface area contributed by atoms with Gasteiger partial charge in [0, 0.05) is 25.1 Å². The minimum absolute atomic E-state index is 0.0106. The molecule has 6 nitrogen and oxygen atoms in total. The van der Waals surface area contributed by atoms with Crippen molar-refractivity contribution in [1.82, 2.24) is 10.6 Å². The van der Waals surface area contributed by atoms with Gasteiger partial charge in [0.2, 0.25) is 5.91 Å². The summed E-state index contributed by atoms with van der Waals surface area (Å²) in [6, 6.07) is 15.3. The third-order valence-corrected chi connectivity index (χ3v) is 5.58. The Kier molecular flexibility index (Phi) is 6.91. The second-order valence-corrected chi connectivity index (χ2v) is 7.97. The predicted molar refractivity (Wildman–Crippen MR) is 99.4 cm³/mol. The van der Waals surface area contributed by atoms with Crippen molar-refractivity contribution in [3.63, 3.8) is 0 Å². The van der Waals surface area contributed by atoms with Crippen LogP contribution in [0.5, 0.6) is 0 Å². The molecule has 2 aromatic rings. The van der Waals surface area contributed by atoms with Crippen LogP contribution in [0, 0.1) is 0 Å². The van der Waals surface area contributed by atoms with Gasteiger partial charge in [0.1, 0.15) is 0 Å². The minimum atomic E-state index is -3.28. The molecule has 0 unspecified atom stereocenters. The molecule has 2 rings (SSSR count). The molecule has 2 N–H and O–H groups in total. The van der Waals surface area contributed by atoms with E-state index < -0.39 is 9.84 Å². The highest BCUT2D eigenvalue weighted by molar-refractivity contribution is 7.91. The molecule has 0 radical (unpaired) electrons. The molecule has 0 aliphatic heterocycles. The van der Waals surface area contributed by atoms with Crippen LogP contribution < -0.4 is 10.6 Å². The second-order valence-electron chi connectivity index (χ2n) is 5.70. The zero-order valence-electron chi connectivity index (χ0n) is 14.6. The molecular weight excluding hydrogens is 352 g/mol. The molecular formula is C19H22N2O4S. The smallest absolute Gasteiger partial charge is 0.251 e. The molecule has 138 valence electrons. The fraction of sp³-hybridized carbons (Fsp3) is 0.263. The van der Waals surface area contributed by atoms with Crippen LogP contribution in [0.25, 0.3) is 0 Å². The van der Waals surface area contributed by atoms with E-state index in [1.54, 1.807) is 6.92 Å². The molecule has 0 atom stereocenters. The van der Waals surface area contributed by atoms with Crippen LogP contribution in [0.15, 0.2) is 59.5 Å². The standard InChI is InChI=1S/C19H22N2O4S/c1-2-26(24,25)17-10-8-16(9-11-17)19(23)20-13-12-18(22)21-14-15-6-4-3-5-7-15/h3-11H,2,12-14H2,1H3,(H,20,23)(H,21,22). The molecule has 26 heavy (non-hydrogen) atoms. The number of rotatable bonds is 8. The first-order valence-corrected chi connectivity index (χ1v) is 9.99. The molecule has 0 aliphatic rings. The number of carbonyl (C=O) groups excluding carboxylic acids is 2. The fourth-order valence-corrected chi connectivity index (χ4v) is 3.14. The Morgan fingerprint density at radius 1 is 0.923 bits per heavy atom. The van der Waals surface area contributed by atoms with Gasteiger partial charge in [-0.2, -0.15) is 0 Å². The molecule has 0 saturated carbocycles. The highest BCUT2D eigenvalue weighted by Crippen LogP contribution is 2.12. The maximum Gasteiger partial charge on any atom is 0.251 e. The fourth-order valence-electron chi connectivity index (χ4n) is 2.26. The molecule has 0 aliphatic carbocycles. The third kappa shape index (κ3) is 5.70. The summed E-state index contributed by atoms with van der Waals surface area (Å²) >= 11 is 0. The monoisotopic (exact) mass is 374 g/mol. The van der Waals surface area contributed by atoms with Crippen molar-refractivity contribution >= 4 is 21.7 Å². The van der Waals surface area contributed by atoms with E-state index in [4.69, 9.17) is 0 Å². The number of carbonyl (C=O) groups is 2. The number of hydrogen-bond acceptors (Lipinski definition) is 4. The number of sulfone groups is 1. The lowest BCUT2D eigenvalue weighted by molar-refractivity contribution is -0.121. The number of hydrogen-bond donors (Lipinski definition) is 2. The van der Waals surface area contributed by atoms with Gasteiger partial charge < -0.3 is 10.6 Å². The molecule has 0 spiro atoms. The minimum Gasteiger partial charge on any atom is -0.352 e. The quantitative estimate of drug-likeness (QED) is 0.738. The Hall–Kier alpha value is -2.67. The van der Waals surface area contributed by atoms with Gasteiger partial charge in [0.05, 0.1) is 10.6 Å². The van der Waals surface area contributed by atoms with Crippen molar-refractivity contribution in [1.29, 1.82) is 0 Å². The van der Waals surface area contributed by atoms with Crippen LogP contribution in [0.4, 0.5) is 0 Å². The van der Waals surface area contributed by atoms with Crippen molar-refractivity contribution in [2.75, 3.05) is 12.3 Å². The van der Waals surface area contributed by atoms with Gasteiger partial charge in [-0.05, 0) is 29.8 Å². The summed E-state index contributed by atoms with van der Waals surface area (Å²) in [4.78, 5) is 24.0. The molecule has 0 saturated heterocycles. The van der Waals surface area contributed by atoms with E-state index in [1.807, 2.05) is 30.3 Å². The van der Waals surface area contributed by atoms with Crippen LogP contribution in [0.1, 0.15) is 29.3 Å². The van der Waals surface area contributed by atoms with E-state index in [0.29, 0.717) is 12.1 Å². The van der Waals surface area contributed by atoms with Crippen LogP contribution in [0.3, 0.4) is 0 Å². The van der Waals surface area contributed by atoms with Crippen molar-refractivity contribution in [3.05, 3.63) is 65.7 Å². The van der Waals surface area contributed by atoms with E-state index in [0.717, 1.165) is 5.56 Å². The summed E-state index contributed by atoms with van der Waals surface area (Å²) in [7, 11) is -3.28. The Bertz CT molecular complexity index is 847. The Labute approximate surface area is 153 Å². The van der Waals surface area contributed by atoms with Gasteiger partial charge in [0.15, 0.2) is 9.84 Å². The summed E-state index contributed by atoms with van der Waals surface area (Å²) in [5.74, 6) is -0.490. The summed E-state index contributed by atoms with van der Waals surface area (Å²) in [6.45, 7) is 2.22. The average molecular weight is 374 g/mol. The Balaban J connectivity index is 1.77. The van der Waals surface area contributed by atoms with Crippen molar-refractivity contribution < 1.29 is 18.0 Å². The van der Waals surface area contributed by atoms with Crippen molar-refractivity contribution in [3.8, 4) is 0 Å². The number of benzene rings is 2. The molecule has 0 bridgehead atoms. The van der Waals surface area contributed by atoms with Crippen LogP contribution >= 0.6 is 0 Å². The van der Waals surface area contributed by atoms with Crippen LogP contribution in [0.2, 0.25) is 0 Å². The predicted octanol–water partition coefficient (Wildman–Crippen LogP) is 1.92. The maximum atomic E-state index is 12.0. The van der Waals surface area contributed by atoms with E-state index in [-0.39, 0.29) is 35.4 Å². The highest BCUT2D eigenvalue weighted by atomic mass is 32.2. The lowest BCUT2D eigenvalue weighted by Gasteiger charge is -2.08. The second kappa shape index (κ2) is 9.15. The van der Waals surface area contributed by atoms with E-state index >= 15 is 0 Å². The molecule has 2 amide bonds. The van der Waals surface area contributed by atoms with Gasteiger partial charge in [-0.3, -0.25) is 9.59 Å². The lowest BCUT2D eigenvalue weighted by atomic mass is 10.2. The summed E-state index contributed by atoms with van der Waals surface area (Å²) < 4.78 is 23.5. The van der Waals surface area contributed by atoms with Crippen LogP contribution in [-0.4, -0.2) is 32.5 Å². The zero-order chi connectivity index (χ0) is 19.0. The molecule has 0 heterocycles. The van der Waals surface area contributed by atoms with Gasteiger partial charge in [-0.1, -0.05) is 37.3 Å². The summed E-state index contributed by atoms with van der Waals surface area (Å²) in [6.07, 6.45) is 0.168. The molecule has 0 fully saturated rings. The Morgan fingerprint density at radius 2 is 1.58 bits per heavy atom. The molecule has 0 aromatic heterocycles. The highest BCUT2D eigenvalue weighted by Gasteiger charge is 2.13. The van der Waals surface area contributed by atoms with Crippen LogP contribution in [-0.2, 0) is 21.2 Å². The van der Waals surface area contributed by atoms with E-state index in [2.05, 4.69) is 10.6 Å². The van der Waals surface area contributed by atoms with Crippen molar-refractivity contribution in [2.24, 2.45) is 0 Å². The van der Waals surface area contributed by atoms with E-state index in [9.17, 15) is 18.0 Å². The summed E-state index contributed by atoms with van der Waals surface area (Å²) in [5, 5.41) is 5.44. The Morgan fingerprint density at radius 3 is 2.19 bits per heavy atom. The first-order valence-electron chi connectivity index (χ1n) is 8.34. The van der Waals surface area contributed by atoms with Gasteiger partial charge >= 0.3 is 0 Å². The SMILES string of the molecule is CCS(=O)(=O)c1ccc(C(=O)NCCC(=O)NCc2ccccc2)cc1. The number of nitrogens with one attached hydrogen (secondary N) is 2.